The van der Waals surface area contributed by atoms with Crippen molar-refractivity contribution in [3.63, 3.8) is 0 Å². The summed E-state index contributed by atoms with van der Waals surface area (Å²) in [5.41, 5.74) is 5.30. The van der Waals surface area contributed by atoms with Crippen LogP contribution in [0.25, 0.3) is 0 Å². The Morgan fingerprint density at radius 2 is 0.545 bits per heavy atom. The Balaban J connectivity index is 0.000000166. The van der Waals surface area contributed by atoms with E-state index in [9.17, 15) is 0 Å². The molecule has 0 nitrogen and oxygen atoms in total. The molecule has 0 radical (unpaired) electrons. The van der Waals surface area contributed by atoms with Crippen LogP contribution in [0.1, 0.15) is 22.3 Å². The van der Waals surface area contributed by atoms with E-state index in [0.717, 1.165) is 0 Å². The van der Waals surface area contributed by atoms with Crippen LogP contribution < -0.4 is 0 Å². The Bertz CT molecular complexity index is 549. The Hall–Kier alpha value is -2.34. The maximum Gasteiger partial charge on any atom is -0.0398 e. The normalized spacial score (nSPS) is 8.91. The van der Waals surface area contributed by atoms with E-state index in [1.807, 2.05) is 36.4 Å². The lowest BCUT2D eigenvalue weighted by atomic mass is 10.2. The van der Waals surface area contributed by atoms with Crippen LogP contribution in [0.3, 0.4) is 0 Å². The summed E-state index contributed by atoms with van der Waals surface area (Å²) in [6.45, 7) is 8.36. The molecule has 114 valence electrons. The number of hydrogen-bond acceptors (Lipinski definition) is 0. The van der Waals surface area contributed by atoms with Crippen molar-refractivity contribution < 1.29 is 0 Å². The molecule has 0 N–H and O–H groups in total. The summed E-state index contributed by atoms with van der Waals surface area (Å²) < 4.78 is 0. The zero-order valence-electron chi connectivity index (χ0n) is 14.1. The number of hydrogen-bond donors (Lipinski definition) is 0. The van der Waals surface area contributed by atoms with E-state index < -0.39 is 0 Å². The molecule has 22 heavy (non-hydrogen) atoms. The Kier molecular flexibility index (Phi) is 8.37. The van der Waals surface area contributed by atoms with Crippen molar-refractivity contribution in [1.29, 1.82) is 0 Å². The van der Waals surface area contributed by atoms with Crippen LogP contribution in [0.5, 0.6) is 0 Å². The van der Waals surface area contributed by atoms with Gasteiger partial charge in [-0.2, -0.15) is 0 Å². The molecular weight excluding hydrogens is 264 g/mol. The molecule has 0 atom stereocenters. The van der Waals surface area contributed by atoms with Gasteiger partial charge < -0.3 is 0 Å². The topological polar surface area (TPSA) is 0 Å². The molecule has 3 aromatic rings. The van der Waals surface area contributed by atoms with Crippen molar-refractivity contribution in [2.45, 2.75) is 27.7 Å². The van der Waals surface area contributed by atoms with Gasteiger partial charge in [-0.1, -0.05) is 107 Å². The van der Waals surface area contributed by atoms with Gasteiger partial charge in [0.25, 0.3) is 0 Å². The zero-order valence-corrected chi connectivity index (χ0v) is 14.1. The minimum Gasteiger partial charge on any atom is -0.0622 e. The smallest absolute Gasteiger partial charge is 0.0398 e. The van der Waals surface area contributed by atoms with E-state index in [-0.39, 0.29) is 0 Å². The number of benzene rings is 3. The van der Waals surface area contributed by atoms with Crippen LogP contribution in [-0.2, 0) is 0 Å². The highest BCUT2D eigenvalue weighted by Crippen LogP contribution is 1.99. The number of rotatable bonds is 0. The molecule has 0 spiro atoms. The van der Waals surface area contributed by atoms with Gasteiger partial charge in [0.15, 0.2) is 0 Å². The first-order chi connectivity index (χ1) is 10.6. The molecule has 0 heterocycles. The first kappa shape index (κ1) is 17.7. The molecule has 0 saturated carbocycles. The van der Waals surface area contributed by atoms with Crippen molar-refractivity contribution in [1.82, 2.24) is 0 Å². The van der Waals surface area contributed by atoms with Gasteiger partial charge in [-0.3, -0.25) is 0 Å². The Labute approximate surface area is 135 Å². The highest BCUT2D eigenvalue weighted by atomic mass is 13.9. The van der Waals surface area contributed by atoms with Crippen LogP contribution in [0.2, 0.25) is 0 Å². The third-order valence-corrected chi connectivity index (χ3v) is 3.10. The molecule has 0 fully saturated rings. The Morgan fingerprint density at radius 3 is 0.727 bits per heavy atom. The summed E-state index contributed by atoms with van der Waals surface area (Å²) in [6.07, 6.45) is 0. The monoisotopic (exact) mass is 290 g/mol. The van der Waals surface area contributed by atoms with Crippen LogP contribution in [0.15, 0.2) is 84.9 Å². The molecule has 0 saturated heterocycles. The molecule has 0 heteroatoms. The van der Waals surface area contributed by atoms with E-state index >= 15 is 0 Å². The van der Waals surface area contributed by atoms with E-state index in [4.69, 9.17) is 0 Å². The fraction of sp³-hybridized carbons (Fsp3) is 0.182. The molecule has 0 aliphatic rings. The molecule has 0 bridgehead atoms. The third-order valence-electron chi connectivity index (χ3n) is 3.10. The average Bonchev–Trinajstić information content (AvgIpc) is 2.53. The lowest BCUT2D eigenvalue weighted by Gasteiger charge is -1.90. The molecule has 0 aliphatic carbocycles. The molecule has 0 aromatic heterocycles. The first-order valence-electron chi connectivity index (χ1n) is 7.64. The van der Waals surface area contributed by atoms with Gasteiger partial charge >= 0.3 is 0 Å². The zero-order chi connectivity index (χ0) is 16.2. The summed E-state index contributed by atoms with van der Waals surface area (Å²) in [7, 11) is 0. The molecule has 0 unspecified atom stereocenters. The van der Waals surface area contributed by atoms with Gasteiger partial charge in [0.05, 0.1) is 0 Å². The van der Waals surface area contributed by atoms with Crippen molar-refractivity contribution in [2.75, 3.05) is 0 Å². The second-order valence-electron chi connectivity index (χ2n) is 5.46. The first-order valence-corrected chi connectivity index (χ1v) is 7.64. The Morgan fingerprint density at radius 1 is 0.318 bits per heavy atom. The van der Waals surface area contributed by atoms with Crippen LogP contribution >= 0.6 is 0 Å². The van der Waals surface area contributed by atoms with Crippen LogP contribution in [-0.4, -0.2) is 0 Å². The summed E-state index contributed by atoms with van der Waals surface area (Å²) in [6, 6.07) is 29.0. The maximum atomic E-state index is 2.12. The standard InChI is InChI=1S/C8H10.2C7H8/c1-7-3-5-8(2)6-4-7;2*1-7-5-3-2-4-6-7/h3-6H,1-2H3;2*2-6H,1H3. The minimum absolute atomic E-state index is 1.32. The molecule has 3 rings (SSSR count). The summed E-state index contributed by atoms with van der Waals surface area (Å²) in [5, 5.41) is 0. The second kappa shape index (κ2) is 10.4. The van der Waals surface area contributed by atoms with E-state index in [1.165, 1.54) is 22.3 Å². The van der Waals surface area contributed by atoms with Gasteiger partial charge in [0, 0.05) is 0 Å². The lowest BCUT2D eigenvalue weighted by Crippen LogP contribution is -1.70. The molecule has 0 aliphatic heterocycles. The molecule has 3 aromatic carbocycles. The summed E-state index contributed by atoms with van der Waals surface area (Å²) >= 11 is 0. The van der Waals surface area contributed by atoms with Gasteiger partial charge in [0.1, 0.15) is 0 Å². The van der Waals surface area contributed by atoms with Crippen LogP contribution in [0.4, 0.5) is 0 Å². The number of aryl methyl sites for hydroxylation is 4. The lowest BCUT2D eigenvalue weighted by molar-refractivity contribution is 1.40. The van der Waals surface area contributed by atoms with Gasteiger partial charge in [-0.15, -0.1) is 0 Å². The predicted octanol–water partition coefficient (Wildman–Crippen LogP) is 6.29. The van der Waals surface area contributed by atoms with Crippen molar-refractivity contribution in [3.05, 3.63) is 107 Å². The van der Waals surface area contributed by atoms with Crippen molar-refractivity contribution in [3.8, 4) is 0 Å². The predicted molar refractivity (Wildman–Crippen MR) is 98.3 cm³/mol. The van der Waals surface area contributed by atoms with E-state index in [1.54, 1.807) is 0 Å². The van der Waals surface area contributed by atoms with Gasteiger partial charge in [0.2, 0.25) is 0 Å². The van der Waals surface area contributed by atoms with Crippen molar-refractivity contribution in [2.24, 2.45) is 0 Å². The quantitative estimate of drug-likeness (QED) is 0.456. The highest BCUT2D eigenvalue weighted by Gasteiger charge is 1.79. The van der Waals surface area contributed by atoms with Gasteiger partial charge in [-0.25, -0.2) is 0 Å². The molecular formula is C22H26. The third kappa shape index (κ3) is 8.76. The summed E-state index contributed by atoms with van der Waals surface area (Å²) in [4.78, 5) is 0. The molecule has 0 amide bonds. The van der Waals surface area contributed by atoms with Crippen molar-refractivity contribution >= 4 is 0 Å². The largest absolute Gasteiger partial charge is 0.0622 e. The fourth-order valence-electron chi connectivity index (χ4n) is 1.71. The van der Waals surface area contributed by atoms with Crippen LogP contribution in [0, 0.1) is 27.7 Å². The minimum atomic E-state index is 1.32. The average molecular weight is 290 g/mol. The maximum absolute atomic E-state index is 2.12. The van der Waals surface area contributed by atoms with E-state index in [0.29, 0.717) is 0 Å². The summed E-state index contributed by atoms with van der Waals surface area (Å²) in [5.74, 6) is 0. The van der Waals surface area contributed by atoms with Gasteiger partial charge in [-0.05, 0) is 27.7 Å². The fourth-order valence-corrected chi connectivity index (χ4v) is 1.71. The van der Waals surface area contributed by atoms with E-state index in [2.05, 4.69) is 76.2 Å². The SMILES string of the molecule is Cc1ccc(C)cc1.Cc1ccccc1.Cc1ccccc1. The highest BCUT2D eigenvalue weighted by molar-refractivity contribution is 5.19. The second-order valence-corrected chi connectivity index (χ2v) is 5.46.